The highest BCUT2D eigenvalue weighted by atomic mass is 32.1. The van der Waals surface area contributed by atoms with Gasteiger partial charge in [0.1, 0.15) is 11.1 Å². The summed E-state index contributed by atoms with van der Waals surface area (Å²) in [5.41, 5.74) is 6.27. The van der Waals surface area contributed by atoms with Gasteiger partial charge in [-0.1, -0.05) is 48.5 Å². The number of rotatable bonds is 1. The van der Waals surface area contributed by atoms with Crippen LogP contribution in [0.5, 0.6) is 0 Å². The van der Waals surface area contributed by atoms with Crippen molar-refractivity contribution >= 4 is 28.2 Å². The highest BCUT2D eigenvalue weighted by molar-refractivity contribution is 7.17. The number of amides is 2. The molecule has 0 saturated carbocycles. The van der Waals surface area contributed by atoms with Crippen molar-refractivity contribution in [2.24, 2.45) is 11.8 Å². The highest BCUT2D eigenvalue weighted by Crippen LogP contribution is 2.61. The molecule has 8 rings (SSSR count). The van der Waals surface area contributed by atoms with Crippen molar-refractivity contribution in [3.8, 4) is 6.07 Å². The van der Waals surface area contributed by atoms with E-state index in [0.717, 1.165) is 29.7 Å². The summed E-state index contributed by atoms with van der Waals surface area (Å²) in [7, 11) is 0. The van der Waals surface area contributed by atoms with Gasteiger partial charge < -0.3 is 0 Å². The van der Waals surface area contributed by atoms with Crippen LogP contribution in [-0.2, 0) is 22.4 Å². The molecule has 0 spiro atoms. The molecule has 4 aliphatic carbocycles. The number of hydrogen-bond acceptors (Lipinski definition) is 4. The summed E-state index contributed by atoms with van der Waals surface area (Å²) in [5, 5.41) is 10.4. The van der Waals surface area contributed by atoms with Gasteiger partial charge in [-0.3, -0.25) is 9.59 Å². The normalized spacial score (nSPS) is 27.0. The molecule has 5 heteroatoms. The van der Waals surface area contributed by atoms with Gasteiger partial charge in [-0.15, -0.1) is 11.3 Å². The van der Waals surface area contributed by atoms with E-state index < -0.39 is 11.8 Å². The molecule has 2 atom stereocenters. The van der Waals surface area contributed by atoms with E-state index in [-0.39, 0.29) is 23.7 Å². The maximum Gasteiger partial charge on any atom is 0.239 e. The number of carbonyl (C=O) groups is 2. The van der Waals surface area contributed by atoms with Crippen molar-refractivity contribution in [1.29, 1.82) is 5.26 Å². The molecule has 4 nitrogen and oxygen atoms in total. The van der Waals surface area contributed by atoms with Crippen molar-refractivity contribution < 1.29 is 9.59 Å². The molecule has 0 radical (unpaired) electrons. The monoisotopic (exact) mass is 422 g/mol. The van der Waals surface area contributed by atoms with Crippen LogP contribution in [0.3, 0.4) is 0 Å². The number of imide groups is 1. The molecule has 150 valence electrons. The van der Waals surface area contributed by atoms with Gasteiger partial charge >= 0.3 is 0 Å². The van der Waals surface area contributed by atoms with Crippen molar-refractivity contribution in [1.82, 2.24) is 0 Å². The number of fused-ring (bicyclic) bond motifs is 1. The zero-order valence-electron chi connectivity index (χ0n) is 16.7. The van der Waals surface area contributed by atoms with Crippen LogP contribution in [0.2, 0.25) is 0 Å². The molecule has 5 aliphatic rings. The molecule has 2 amide bonds. The Morgan fingerprint density at radius 3 is 1.84 bits per heavy atom. The average molecular weight is 423 g/mol. The Morgan fingerprint density at radius 1 is 0.839 bits per heavy atom. The number of aryl methyl sites for hydroxylation is 1. The number of benzene rings is 2. The first kappa shape index (κ1) is 17.5. The smallest absolute Gasteiger partial charge is 0.239 e. The lowest BCUT2D eigenvalue weighted by atomic mass is 9.55. The van der Waals surface area contributed by atoms with Crippen molar-refractivity contribution in [2.45, 2.75) is 31.1 Å². The molecular weight excluding hydrogens is 404 g/mol. The number of hydrogen-bond donors (Lipinski definition) is 0. The van der Waals surface area contributed by atoms with E-state index in [9.17, 15) is 14.9 Å². The van der Waals surface area contributed by atoms with E-state index in [1.54, 1.807) is 0 Å². The fraction of sp³-hybridized carbons (Fsp3) is 0.269. The molecule has 2 bridgehead atoms. The van der Waals surface area contributed by atoms with Crippen LogP contribution in [-0.4, -0.2) is 11.8 Å². The highest BCUT2D eigenvalue weighted by Gasteiger charge is 2.62. The lowest BCUT2D eigenvalue weighted by Gasteiger charge is -2.45. The lowest BCUT2D eigenvalue weighted by Crippen LogP contribution is -2.41. The zero-order valence-corrected chi connectivity index (χ0v) is 17.5. The number of anilines is 1. The van der Waals surface area contributed by atoms with Gasteiger partial charge in [-0.05, 0) is 47.1 Å². The van der Waals surface area contributed by atoms with Crippen molar-refractivity contribution in [3.63, 3.8) is 0 Å². The maximum atomic E-state index is 13.9. The second-order valence-electron chi connectivity index (χ2n) is 8.93. The van der Waals surface area contributed by atoms with E-state index in [0.29, 0.717) is 10.6 Å². The third kappa shape index (κ3) is 1.99. The molecule has 1 fully saturated rings. The van der Waals surface area contributed by atoms with Gasteiger partial charge in [0.05, 0.1) is 17.4 Å². The molecule has 1 aromatic heterocycles. The fourth-order valence-corrected chi connectivity index (χ4v) is 7.89. The lowest BCUT2D eigenvalue weighted by molar-refractivity contribution is -0.122. The summed E-state index contributed by atoms with van der Waals surface area (Å²) in [6.07, 6.45) is 2.83. The Labute approximate surface area is 183 Å². The minimum Gasteiger partial charge on any atom is -0.274 e. The van der Waals surface area contributed by atoms with Crippen LogP contribution in [0, 0.1) is 23.2 Å². The van der Waals surface area contributed by atoms with E-state index in [4.69, 9.17) is 0 Å². The number of nitrogens with zero attached hydrogens (tertiary/aromatic N) is 2. The molecule has 2 aromatic carbocycles. The Kier molecular flexibility index (Phi) is 3.34. The Balaban J connectivity index is 1.44. The molecular formula is C26H18N2O2S. The molecule has 1 saturated heterocycles. The summed E-state index contributed by atoms with van der Waals surface area (Å²) >= 11 is 1.48. The minimum atomic E-state index is -0.397. The summed E-state index contributed by atoms with van der Waals surface area (Å²) in [5.74, 6) is -1.28. The predicted octanol–water partition coefficient (Wildman–Crippen LogP) is 4.51. The quantitative estimate of drug-likeness (QED) is 0.542. The molecule has 2 heterocycles. The first-order chi connectivity index (χ1) is 15.2. The van der Waals surface area contributed by atoms with Gasteiger partial charge in [0, 0.05) is 16.7 Å². The van der Waals surface area contributed by atoms with Gasteiger partial charge in [-0.25, -0.2) is 4.90 Å². The number of thiophene rings is 1. The van der Waals surface area contributed by atoms with Gasteiger partial charge in [0.2, 0.25) is 11.8 Å². The Hall–Kier alpha value is -3.23. The van der Waals surface area contributed by atoms with Crippen LogP contribution in [0.25, 0.3) is 0 Å². The standard InChI is InChI=1S/C26H18N2O2S/c27-12-18-13-10-5-11-19(13)31-26(18)28-24(29)22-20-14-6-1-2-7-15(14)21(23(22)25(28)30)17-9-4-3-8-16(17)20/h1-4,6-9,20-23H,5,10-11H2. The first-order valence-corrected chi connectivity index (χ1v) is 11.6. The molecule has 1 aliphatic heterocycles. The second kappa shape index (κ2) is 5.93. The van der Waals surface area contributed by atoms with Crippen LogP contribution in [0.4, 0.5) is 5.00 Å². The minimum absolute atomic E-state index is 0.110. The predicted molar refractivity (Wildman–Crippen MR) is 117 cm³/mol. The Bertz CT molecular complexity index is 1250. The molecule has 0 N–H and O–H groups in total. The van der Waals surface area contributed by atoms with Gasteiger partial charge in [0.25, 0.3) is 0 Å². The molecule has 2 unspecified atom stereocenters. The third-order valence-corrected chi connectivity index (χ3v) is 8.94. The first-order valence-electron chi connectivity index (χ1n) is 10.8. The van der Waals surface area contributed by atoms with E-state index in [2.05, 4.69) is 30.3 Å². The molecule has 31 heavy (non-hydrogen) atoms. The van der Waals surface area contributed by atoms with Crippen molar-refractivity contribution in [3.05, 3.63) is 86.8 Å². The number of nitriles is 1. The van der Waals surface area contributed by atoms with E-state index >= 15 is 0 Å². The van der Waals surface area contributed by atoms with Crippen LogP contribution < -0.4 is 4.90 Å². The maximum absolute atomic E-state index is 13.9. The van der Waals surface area contributed by atoms with Gasteiger partial charge in [-0.2, -0.15) is 5.26 Å². The summed E-state index contributed by atoms with van der Waals surface area (Å²) < 4.78 is 0. The second-order valence-corrected chi connectivity index (χ2v) is 10.0. The SMILES string of the molecule is N#Cc1c(N2C(=O)C3C4c5ccccc5C(c5ccccc54)C3C2=O)sc2c1CCC2. The molecule has 3 aromatic rings. The van der Waals surface area contributed by atoms with Crippen LogP contribution >= 0.6 is 11.3 Å². The van der Waals surface area contributed by atoms with E-state index in [1.807, 2.05) is 24.3 Å². The van der Waals surface area contributed by atoms with Crippen LogP contribution in [0.1, 0.15) is 56.5 Å². The summed E-state index contributed by atoms with van der Waals surface area (Å²) in [6.45, 7) is 0. The largest absolute Gasteiger partial charge is 0.274 e. The summed E-state index contributed by atoms with van der Waals surface area (Å²) in [6, 6.07) is 18.8. The summed E-state index contributed by atoms with van der Waals surface area (Å²) in [4.78, 5) is 30.3. The average Bonchev–Trinajstić information content (AvgIpc) is 3.46. The zero-order chi connectivity index (χ0) is 20.9. The third-order valence-electron chi connectivity index (χ3n) is 7.67. The number of carbonyl (C=O) groups excluding carboxylic acids is 2. The Morgan fingerprint density at radius 2 is 1.35 bits per heavy atom. The van der Waals surface area contributed by atoms with Crippen molar-refractivity contribution in [2.75, 3.05) is 4.90 Å². The fourth-order valence-electron chi connectivity index (χ4n) is 6.54. The van der Waals surface area contributed by atoms with E-state index in [1.165, 1.54) is 38.5 Å². The van der Waals surface area contributed by atoms with Crippen LogP contribution in [0.15, 0.2) is 48.5 Å². The van der Waals surface area contributed by atoms with Gasteiger partial charge in [0.15, 0.2) is 0 Å². The topological polar surface area (TPSA) is 61.2 Å².